The number of rotatable bonds is 5. The lowest BCUT2D eigenvalue weighted by Gasteiger charge is -2.36. The van der Waals surface area contributed by atoms with E-state index in [0.717, 1.165) is 28.0 Å². The normalized spacial score (nSPS) is 18.3. The Labute approximate surface area is 143 Å². The number of phenolic OH excluding ortho intramolecular Hbond substituents is 1. The molecule has 0 aromatic heterocycles. The topological polar surface area (TPSA) is 91.2 Å². The summed E-state index contributed by atoms with van der Waals surface area (Å²) in [6.07, 6.45) is 1.31. The van der Waals surface area contributed by atoms with Crippen molar-refractivity contribution in [3.05, 3.63) is 34.4 Å². The highest BCUT2D eigenvalue weighted by atomic mass is 16.3. The summed E-state index contributed by atoms with van der Waals surface area (Å²) < 4.78 is 0. The number of hydrogen-bond donors (Lipinski definition) is 3. The van der Waals surface area contributed by atoms with E-state index in [1.807, 2.05) is 13.0 Å². The van der Waals surface area contributed by atoms with Crippen molar-refractivity contribution < 1.29 is 10.2 Å². The standard InChI is InChI=1S/C19H27N3O2/c1-11(8-9-23)15-13-10-19(2,3)16(18(20)22-5)17(21-4)12(13)6-7-14(15)24/h6-7,11,23-24H,4,8-10H2,1-3,5H3,(H2,20,22). The number of aliphatic hydroxyl groups excluding tert-OH is 1. The van der Waals surface area contributed by atoms with Crippen molar-refractivity contribution in [2.45, 2.75) is 39.5 Å². The molecule has 0 spiro atoms. The third-order valence-electron chi connectivity index (χ3n) is 4.83. The van der Waals surface area contributed by atoms with Gasteiger partial charge in [0.05, 0.1) is 5.70 Å². The van der Waals surface area contributed by atoms with Crippen molar-refractivity contribution in [2.24, 2.45) is 21.1 Å². The molecule has 0 fully saturated rings. The van der Waals surface area contributed by atoms with E-state index in [1.165, 1.54) is 0 Å². The van der Waals surface area contributed by atoms with Gasteiger partial charge in [-0.15, -0.1) is 0 Å². The number of phenols is 1. The van der Waals surface area contributed by atoms with Crippen molar-refractivity contribution in [3.8, 4) is 5.75 Å². The van der Waals surface area contributed by atoms with Gasteiger partial charge in [0.2, 0.25) is 0 Å². The van der Waals surface area contributed by atoms with Gasteiger partial charge in [-0.3, -0.25) is 9.98 Å². The van der Waals surface area contributed by atoms with E-state index in [4.69, 9.17) is 5.73 Å². The van der Waals surface area contributed by atoms with Crippen LogP contribution < -0.4 is 5.73 Å². The summed E-state index contributed by atoms with van der Waals surface area (Å²) in [6, 6.07) is 3.55. The van der Waals surface area contributed by atoms with E-state index in [9.17, 15) is 10.2 Å². The Balaban J connectivity index is 2.80. The maximum Gasteiger partial charge on any atom is 0.123 e. The van der Waals surface area contributed by atoms with Gasteiger partial charge < -0.3 is 15.9 Å². The Morgan fingerprint density at radius 3 is 2.62 bits per heavy atom. The predicted molar refractivity (Wildman–Crippen MR) is 99.7 cm³/mol. The van der Waals surface area contributed by atoms with Crippen LogP contribution in [0.1, 0.15) is 49.8 Å². The number of aliphatic hydroxyl groups is 1. The third kappa shape index (κ3) is 2.96. The lowest BCUT2D eigenvalue weighted by atomic mass is 9.69. The molecular weight excluding hydrogens is 302 g/mol. The van der Waals surface area contributed by atoms with Crippen LogP contribution in [-0.4, -0.2) is 36.4 Å². The van der Waals surface area contributed by atoms with Gasteiger partial charge in [-0.2, -0.15) is 0 Å². The highest BCUT2D eigenvalue weighted by Crippen LogP contribution is 2.47. The Morgan fingerprint density at radius 1 is 1.42 bits per heavy atom. The maximum absolute atomic E-state index is 10.4. The fourth-order valence-electron chi connectivity index (χ4n) is 3.68. The van der Waals surface area contributed by atoms with Gasteiger partial charge in [0, 0.05) is 30.4 Å². The van der Waals surface area contributed by atoms with Crippen molar-refractivity contribution in [1.82, 2.24) is 0 Å². The Morgan fingerprint density at radius 2 is 2.08 bits per heavy atom. The molecule has 0 amide bonds. The number of aromatic hydroxyl groups is 1. The summed E-state index contributed by atoms with van der Waals surface area (Å²) in [7, 11) is 1.67. The van der Waals surface area contributed by atoms with Crippen LogP contribution in [0.15, 0.2) is 27.7 Å². The average molecular weight is 329 g/mol. The number of amidine groups is 1. The van der Waals surface area contributed by atoms with Crippen LogP contribution in [0, 0.1) is 5.41 Å². The fourth-order valence-corrected chi connectivity index (χ4v) is 3.68. The van der Waals surface area contributed by atoms with Gasteiger partial charge in [-0.05, 0) is 48.6 Å². The molecule has 0 aliphatic heterocycles. The van der Waals surface area contributed by atoms with Crippen LogP contribution in [0.4, 0.5) is 0 Å². The largest absolute Gasteiger partial charge is 0.508 e. The van der Waals surface area contributed by atoms with E-state index in [0.29, 0.717) is 18.7 Å². The Hall–Kier alpha value is -2.14. The summed E-state index contributed by atoms with van der Waals surface area (Å²) in [5.41, 5.74) is 10.3. The van der Waals surface area contributed by atoms with Gasteiger partial charge >= 0.3 is 0 Å². The summed E-state index contributed by atoms with van der Waals surface area (Å²) in [5, 5.41) is 19.7. The molecule has 1 aliphatic rings. The Kier molecular flexibility index (Phi) is 5.13. The van der Waals surface area contributed by atoms with Gasteiger partial charge in [0.25, 0.3) is 0 Å². The molecule has 1 unspecified atom stereocenters. The highest BCUT2D eigenvalue weighted by molar-refractivity contribution is 6.06. The Bertz CT molecular complexity index is 718. The molecule has 0 saturated heterocycles. The molecule has 0 radical (unpaired) electrons. The van der Waals surface area contributed by atoms with E-state index >= 15 is 0 Å². The van der Waals surface area contributed by atoms with Crippen molar-refractivity contribution in [2.75, 3.05) is 13.7 Å². The molecule has 130 valence electrons. The minimum absolute atomic E-state index is 0.0468. The first kappa shape index (κ1) is 18.2. The third-order valence-corrected chi connectivity index (χ3v) is 4.83. The maximum atomic E-state index is 10.4. The molecule has 5 nitrogen and oxygen atoms in total. The highest BCUT2D eigenvalue weighted by Gasteiger charge is 2.37. The number of aliphatic imine (C=N–C) groups is 2. The monoisotopic (exact) mass is 329 g/mol. The van der Waals surface area contributed by atoms with Crippen LogP contribution in [0.25, 0.3) is 5.70 Å². The quantitative estimate of drug-likeness (QED) is 0.573. The van der Waals surface area contributed by atoms with Gasteiger partial charge in [0.1, 0.15) is 11.6 Å². The van der Waals surface area contributed by atoms with Gasteiger partial charge in [-0.1, -0.05) is 20.8 Å². The number of fused-ring (bicyclic) bond motifs is 1. The summed E-state index contributed by atoms with van der Waals surface area (Å²) in [5.74, 6) is 0.770. The van der Waals surface area contributed by atoms with E-state index in [1.54, 1.807) is 13.1 Å². The van der Waals surface area contributed by atoms with Crippen LogP contribution in [-0.2, 0) is 6.42 Å². The van der Waals surface area contributed by atoms with E-state index in [-0.39, 0.29) is 23.7 Å². The summed E-state index contributed by atoms with van der Waals surface area (Å²) >= 11 is 0. The zero-order valence-electron chi connectivity index (χ0n) is 14.9. The molecule has 2 rings (SSSR count). The number of benzene rings is 1. The molecule has 1 aliphatic carbocycles. The fraction of sp³-hybridized carbons (Fsp3) is 0.474. The lowest BCUT2D eigenvalue weighted by molar-refractivity contribution is 0.277. The van der Waals surface area contributed by atoms with Crippen molar-refractivity contribution >= 4 is 18.3 Å². The minimum Gasteiger partial charge on any atom is -0.508 e. The molecule has 0 saturated carbocycles. The zero-order chi connectivity index (χ0) is 18.1. The second kappa shape index (κ2) is 6.77. The van der Waals surface area contributed by atoms with Crippen LogP contribution in [0.3, 0.4) is 0 Å². The molecule has 1 atom stereocenters. The predicted octanol–water partition coefficient (Wildman–Crippen LogP) is 2.86. The summed E-state index contributed by atoms with van der Waals surface area (Å²) in [4.78, 5) is 8.40. The van der Waals surface area contributed by atoms with E-state index in [2.05, 4.69) is 30.5 Å². The lowest BCUT2D eigenvalue weighted by Crippen LogP contribution is -2.33. The van der Waals surface area contributed by atoms with Gasteiger partial charge in [-0.25, -0.2) is 0 Å². The second-order valence-electron chi connectivity index (χ2n) is 6.99. The average Bonchev–Trinajstić information content (AvgIpc) is 2.52. The first-order valence-corrected chi connectivity index (χ1v) is 8.18. The number of hydrogen-bond acceptors (Lipinski definition) is 4. The second-order valence-corrected chi connectivity index (χ2v) is 6.99. The molecule has 1 aromatic rings. The summed E-state index contributed by atoms with van der Waals surface area (Å²) in [6.45, 7) is 10.0. The van der Waals surface area contributed by atoms with Gasteiger partial charge in [0.15, 0.2) is 0 Å². The molecule has 0 bridgehead atoms. The molecular formula is C19H27N3O2. The van der Waals surface area contributed by atoms with Crippen molar-refractivity contribution in [3.63, 3.8) is 0 Å². The van der Waals surface area contributed by atoms with E-state index < -0.39 is 0 Å². The number of nitrogens with zero attached hydrogens (tertiary/aromatic N) is 2. The van der Waals surface area contributed by atoms with Crippen LogP contribution in [0.5, 0.6) is 5.75 Å². The minimum atomic E-state index is -0.283. The van der Waals surface area contributed by atoms with Crippen LogP contribution >= 0.6 is 0 Å². The SMILES string of the molecule is C=NC1=C(C(N)=NC)C(C)(C)Cc2c1ccc(O)c2C(C)CCO. The van der Waals surface area contributed by atoms with Crippen molar-refractivity contribution in [1.29, 1.82) is 0 Å². The van der Waals surface area contributed by atoms with Crippen LogP contribution in [0.2, 0.25) is 0 Å². The molecule has 5 heteroatoms. The molecule has 0 heterocycles. The first-order valence-electron chi connectivity index (χ1n) is 8.18. The first-order chi connectivity index (χ1) is 11.3. The molecule has 1 aromatic carbocycles. The smallest absolute Gasteiger partial charge is 0.123 e. The number of nitrogens with two attached hydrogens (primary N) is 1. The zero-order valence-corrected chi connectivity index (χ0v) is 14.9. The molecule has 24 heavy (non-hydrogen) atoms. The molecule has 4 N–H and O–H groups in total.